The SMILES string of the molecule is CC1CCC(C)C1C(C)C1C(C)CCC1C.[CH3-].[CH3-].[Cl][Zr+2][Cl]. The monoisotopic (exact) mass is 412 g/mol. The van der Waals surface area contributed by atoms with Gasteiger partial charge in [0.15, 0.2) is 0 Å². The van der Waals surface area contributed by atoms with E-state index >= 15 is 0 Å². The summed E-state index contributed by atoms with van der Waals surface area (Å²) in [6, 6.07) is 0. The average Bonchev–Trinajstić information content (AvgIpc) is 2.83. The molecule has 2 aliphatic rings. The van der Waals surface area contributed by atoms with Crippen molar-refractivity contribution < 1.29 is 20.8 Å². The summed E-state index contributed by atoms with van der Waals surface area (Å²) < 4.78 is 0. The molecule has 2 fully saturated rings. The van der Waals surface area contributed by atoms with Crippen molar-refractivity contribution in [3.05, 3.63) is 14.9 Å². The minimum absolute atomic E-state index is 0. The van der Waals surface area contributed by atoms with E-state index in [1.54, 1.807) is 0 Å². The fraction of sp³-hybridized carbons (Fsp3) is 0.889. The number of halogens is 2. The summed E-state index contributed by atoms with van der Waals surface area (Å²) in [7, 11) is 9.87. The van der Waals surface area contributed by atoms with E-state index in [1.165, 1.54) is 25.7 Å². The van der Waals surface area contributed by atoms with Crippen molar-refractivity contribution in [3.63, 3.8) is 0 Å². The molecule has 4 atom stereocenters. The predicted molar refractivity (Wildman–Crippen MR) is 95.8 cm³/mol. The molecule has 0 nitrogen and oxygen atoms in total. The molecule has 0 saturated heterocycles. The van der Waals surface area contributed by atoms with Crippen LogP contribution in [-0.2, 0) is 20.8 Å². The number of hydrogen-bond acceptors (Lipinski definition) is 0. The van der Waals surface area contributed by atoms with Gasteiger partial charge < -0.3 is 14.9 Å². The van der Waals surface area contributed by atoms with Crippen LogP contribution >= 0.6 is 17.0 Å². The van der Waals surface area contributed by atoms with E-state index in [0.29, 0.717) is 0 Å². The second-order valence-electron chi connectivity index (χ2n) is 7.15. The molecule has 0 spiro atoms. The van der Waals surface area contributed by atoms with Crippen LogP contribution in [0.25, 0.3) is 0 Å². The molecule has 0 N–H and O–H groups in total. The van der Waals surface area contributed by atoms with E-state index in [1.807, 2.05) is 0 Å². The van der Waals surface area contributed by atoms with E-state index < -0.39 is 20.8 Å². The van der Waals surface area contributed by atoms with E-state index in [9.17, 15) is 0 Å². The Morgan fingerprint density at radius 1 is 0.714 bits per heavy atom. The molecule has 0 aromatic heterocycles. The average molecular weight is 415 g/mol. The van der Waals surface area contributed by atoms with Crippen LogP contribution in [0, 0.1) is 56.3 Å². The Balaban J connectivity index is 0. The first kappa shape index (κ1) is 24.7. The normalized spacial score (nSPS) is 39.2. The van der Waals surface area contributed by atoms with Crippen molar-refractivity contribution in [2.75, 3.05) is 0 Å². The molecule has 21 heavy (non-hydrogen) atoms. The van der Waals surface area contributed by atoms with Crippen LogP contribution in [0.4, 0.5) is 0 Å². The first-order valence-corrected chi connectivity index (χ1v) is 14.2. The second kappa shape index (κ2) is 11.9. The third-order valence-electron chi connectivity index (χ3n) is 6.00. The van der Waals surface area contributed by atoms with Gasteiger partial charge >= 0.3 is 37.9 Å². The van der Waals surface area contributed by atoms with Gasteiger partial charge in [0.1, 0.15) is 0 Å². The van der Waals surface area contributed by atoms with Gasteiger partial charge in [0.2, 0.25) is 0 Å². The first-order valence-electron chi connectivity index (χ1n) is 7.90. The molecule has 0 bridgehead atoms. The quantitative estimate of drug-likeness (QED) is 0.417. The summed E-state index contributed by atoms with van der Waals surface area (Å²) in [6.07, 6.45) is 5.91. The first-order chi connectivity index (χ1) is 8.93. The summed E-state index contributed by atoms with van der Waals surface area (Å²) in [5, 5.41) is 0. The van der Waals surface area contributed by atoms with Gasteiger partial charge in [-0.25, -0.2) is 0 Å². The molecule has 0 aromatic carbocycles. The summed E-state index contributed by atoms with van der Waals surface area (Å²) in [5.41, 5.74) is 0. The minimum atomic E-state index is -0.826. The molecule has 0 aliphatic heterocycles. The Hall–Kier alpha value is 1.46. The summed E-state index contributed by atoms with van der Waals surface area (Å²) in [4.78, 5) is 0. The maximum absolute atomic E-state index is 4.93. The van der Waals surface area contributed by atoms with Crippen molar-refractivity contribution in [1.82, 2.24) is 0 Å². The molecule has 2 rings (SSSR count). The van der Waals surface area contributed by atoms with Crippen molar-refractivity contribution in [2.24, 2.45) is 41.4 Å². The van der Waals surface area contributed by atoms with Gasteiger partial charge in [0.05, 0.1) is 0 Å². The zero-order chi connectivity index (χ0) is 14.6. The van der Waals surface area contributed by atoms with E-state index in [4.69, 9.17) is 17.0 Å². The zero-order valence-corrected chi connectivity index (χ0v) is 19.1. The second-order valence-corrected chi connectivity index (χ2v) is 10.9. The van der Waals surface area contributed by atoms with Crippen molar-refractivity contribution in [3.8, 4) is 0 Å². The van der Waals surface area contributed by atoms with Crippen LogP contribution in [0.2, 0.25) is 0 Å². The van der Waals surface area contributed by atoms with Crippen LogP contribution < -0.4 is 0 Å². The van der Waals surface area contributed by atoms with Crippen molar-refractivity contribution in [2.45, 2.75) is 60.3 Å². The maximum atomic E-state index is 4.93. The van der Waals surface area contributed by atoms with Gasteiger partial charge in [-0.2, -0.15) is 0 Å². The third kappa shape index (κ3) is 6.46. The topological polar surface area (TPSA) is 0 Å². The number of hydrogen-bond donors (Lipinski definition) is 0. The Bertz CT molecular complexity index is 216. The Morgan fingerprint density at radius 3 is 1.10 bits per heavy atom. The van der Waals surface area contributed by atoms with Crippen molar-refractivity contribution in [1.29, 1.82) is 0 Å². The van der Waals surface area contributed by atoms with Crippen LogP contribution in [0.15, 0.2) is 0 Å². The van der Waals surface area contributed by atoms with Gasteiger partial charge in [-0.15, -0.1) is 0 Å². The predicted octanol–water partition coefficient (Wildman–Crippen LogP) is 7.26. The van der Waals surface area contributed by atoms with Crippen LogP contribution in [0.3, 0.4) is 0 Å². The van der Waals surface area contributed by atoms with Gasteiger partial charge in [0, 0.05) is 0 Å². The molecular weight excluding hydrogens is 378 g/mol. The molecule has 0 radical (unpaired) electrons. The van der Waals surface area contributed by atoms with Gasteiger partial charge in [-0.05, 0) is 41.4 Å². The molecule has 4 unspecified atom stereocenters. The molecular formula is C18H36Cl2Zr. The van der Waals surface area contributed by atoms with Crippen LogP contribution in [0.5, 0.6) is 0 Å². The molecule has 126 valence electrons. The van der Waals surface area contributed by atoms with Gasteiger partial charge in [-0.1, -0.05) is 60.3 Å². The molecule has 2 aliphatic carbocycles. The van der Waals surface area contributed by atoms with Crippen LogP contribution in [0.1, 0.15) is 60.3 Å². The Morgan fingerprint density at radius 2 is 0.905 bits per heavy atom. The third-order valence-corrected chi connectivity index (χ3v) is 6.00. The summed E-state index contributed by atoms with van der Waals surface area (Å²) in [5.74, 6) is 6.88. The van der Waals surface area contributed by atoms with E-state index in [-0.39, 0.29) is 14.9 Å². The van der Waals surface area contributed by atoms with E-state index in [2.05, 4.69) is 34.6 Å². The fourth-order valence-electron chi connectivity index (χ4n) is 5.27. The molecule has 3 heteroatoms. The molecule has 0 aromatic rings. The molecule has 0 heterocycles. The van der Waals surface area contributed by atoms with Gasteiger partial charge in [-0.3, -0.25) is 0 Å². The molecule has 2 saturated carbocycles. The summed E-state index contributed by atoms with van der Waals surface area (Å²) >= 11 is -0.826. The fourth-order valence-corrected chi connectivity index (χ4v) is 5.27. The zero-order valence-electron chi connectivity index (χ0n) is 15.1. The van der Waals surface area contributed by atoms with Crippen molar-refractivity contribution >= 4 is 17.0 Å². The molecule has 0 amide bonds. The Kier molecular flexibility index (Phi) is 14.0. The van der Waals surface area contributed by atoms with Crippen LogP contribution in [-0.4, -0.2) is 0 Å². The van der Waals surface area contributed by atoms with E-state index in [0.717, 1.165) is 41.4 Å². The Labute approximate surface area is 153 Å². The summed E-state index contributed by atoms with van der Waals surface area (Å²) in [6.45, 7) is 12.5. The number of rotatable bonds is 2. The van der Waals surface area contributed by atoms with Gasteiger partial charge in [0.25, 0.3) is 0 Å². The standard InChI is InChI=1S/C16H30.2CH3.2ClH.Zr/c1-10-6-7-11(2)15(10)14(5)16-12(3)8-9-13(16)4;;;;;/h10-16H,6-9H2,1-5H3;2*1H3;2*1H;/q;2*-1;;;+4/p-2.